The second-order valence-electron chi connectivity index (χ2n) is 4.86. The van der Waals surface area contributed by atoms with E-state index in [9.17, 15) is 9.59 Å². The van der Waals surface area contributed by atoms with Crippen molar-refractivity contribution in [2.24, 2.45) is 5.73 Å². The zero-order valence-corrected chi connectivity index (χ0v) is 12.1. The number of carbonyl (C=O) groups excluding carboxylic acids is 2. The number of aromatic nitrogens is 1. The Labute approximate surface area is 132 Å². The van der Waals surface area contributed by atoms with Crippen molar-refractivity contribution in [3.05, 3.63) is 72.4 Å². The fourth-order valence-electron chi connectivity index (χ4n) is 2.21. The summed E-state index contributed by atoms with van der Waals surface area (Å²) in [5.41, 5.74) is 9.54. The summed E-state index contributed by atoms with van der Waals surface area (Å²) in [5, 5.41) is 1.85. The number of carbonyl (C=O) groups is 2. The number of pyridine rings is 1. The minimum Gasteiger partial charge on any atom is -0.350 e. The molecule has 114 valence electrons. The highest BCUT2D eigenvalue weighted by Gasteiger charge is 2.16. The molecule has 0 unspecified atom stereocenters. The first-order valence-electron chi connectivity index (χ1n) is 6.95. The number of nitrogens with zero attached hydrogens (tertiary/aromatic N) is 2. The Bertz CT molecular complexity index is 865. The van der Waals surface area contributed by atoms with Crippen LogP contribution in [0, 0.1) is 0 Å². The van der Waals surface area contributed by atoms with E-state index in [0.29, 0.717) is 11.3 Å². The number of nitrogens with one attached hydrogen (secondary N) is 1. The summed E-state index contributed by atoms with van der Waals surface area (Å²) in [6.45, 7) is 0. The molecule has 0 aliphatic carbocycles. The molecule has 1 heterocycles. The first-order chi connectivity index (χ1) is 11.1. The lowest BCUT2D eigenvalue weighted by atomic mass is 10.1. The molecule has 0 bridgehead atoms. The van der Waals surface area contributed by atoms with Crippen LogP contribution in [0.15, 0.2) is 66.9 Å². The van der Waals surface area contributed by atoms with E-state index < -0.39 is 11.9 Å². The van der Waals surface area contributed by atoms with Crippen LogP contribution in [0.1, 0.15) is 10.4 Å². The minimum atomic E-state index is -0.771. The normalized spacial score (nSPS) is 10.3. The fourth-order valence-corrected chi connectivity index (χ4v) is 2.21. The number of nitrogens with two attached hydrogens (primary N) is 1. The third-order valence-electron chi connectivity index (χ3n) is 3.31. The molecule has 0 saturated carbocycles. The van der Waals surface area contributed by atoms with E-state index >= 15 is 0 Å². The summed E-state index contributed by atoms with van der Waals surface area (Å²) in [6, 6.07) is 16.7. The Kier molecular flexibility index (Phi) is 3.88. The number of anilines is 1. The number of primary amides is 1. The summed E-state index contributed by atoms with van der Waals surface area (Å²) in [7, 11) is 0. The molecule has 23 heavy (non-hydrogen) atoms. The minimum absolute atomic E-state index is 0.410. The highest BCUT2D eigenvalue weighted by atomic mass is 16.2. The van der Waals surface area contributed by atoms with Gasteiger partial charge in [-0.1, -0.05) is 24.3 Å². The van der Waals surface area contributed by atoms with E-state index in [2.05, 4.69) is 10.4 Å². The molecule has 3 N–H and O–H groups in total. The number of para-hydroxylation sites is 1. The van der Waals surface area contributed by atoms with Crippen molar-refractivity contribution in [2.75, 3.05) is 5.01 Å². The number of hydrogen-bond donors (Lipinski definition) is 2. The number of hydrogen-bond acceptors (Lipinski definition) is 3. The number of hydrazine groups is 1. The van der Waals surface area contributed by atoms with Gasteiger partial charge in [0.05, 0.1) is 11.2 Å². The monoisotopic (exact) mass is 306 g/mol. The molecule has 6 nitrogen and oxygen atoms in total. The van der Waals surface area contributed by atoms with Crippen molar-refractivity contribution >= 4 is 28.5 Å². The topological polar surface area (TPSA) is 88.3 Å². The maximum Gasteiger partial charge on any atom is 0.338 e. The smallest absolute Gasteiger partial charge is 0.338 e. The largest absolute Gasteiger partial charge is 0.350 e. The van der Waals surface area contributed by atoms with Crippen LogP contribution >= 0.6 is 0 Å². The highest BCUT2D eigenvalue weighted by Crippen LogP contribution is 2.15. The average Bonchev–Trinajstić information content (AvgIpc) is 2.59. The van der Waals surface area contributed by atoms with Crippen LogP contribution in [0.2, 0.25) is 0 Å². The van der Waals surface area contributed by atoms with Crippen LogP contribution in [0.5, 0.6) is 0 Å². The Hall–Kier alpha value is -3.41. The molecule has 0 radical (unpaired) electrons. The number of amides is 3. The van der Waals surface area contributed by atoms with Gasteiger partial charge in [-0.2, -0.15) is 0 Å². The van der Waals surface area contributed by atoms with E-state index in [1.54, 1.807) is 60.8 Å². The first-order valence-corrected chi connectivity index (χ1v) is 6.95. The number of benzene rings is 2. The molecular weight excluding hydrogens is 292 g/mol. The van der Waals surface area contributed by atoms with Crippen molar-refractivity contribution in [1.29, 1.82) is 0 Å². The molecule has 0 saturated heterocycles. The van der Waals surface area contributed by atoms with Crippen LogP contribution in [0.4, 0.5) is 10.5 Å². The van der Waals surface area contributed by atoms with E-state index in [1.165, 1.54) is 0 Å². The molecule has 1 aromatic heterocycles. The Morgan fingerprint density at radius 2 is 1.78 bits per heavy atom. The summed E-state index contributed by atoms with van der Waals surface area (Å²) in [6.07, 6.45) is 1.69. The SMILES string of the molecule is NC(=O)N(NC(=O)c1ccc2ncccc2c1)c1ccccc1. The predicted octanol–water partition coefficient (Wildman–Crippen LogP) is 2.46. The molecule has 0 fully saturated rings. The fraction of sp³-hybridized carbons (Fsp3) is 0. The van der Waals surface area contributed by atoms with Gasteiger partial charge in [0.15, 0.2) is 0 Å². The van der Waals surface area contributed by atoms with Gasteiger partial charge in [-0.3, -0.25) is 15.2 Å². The zero-order valence-electron chi connectivity index (χ0n) is 12.1. The molecule has 0 spiro atoms. The third kappa shape index (κ3) is 3.11. The standard InChI is InChI=1S/C17H14N4O2/c18-17(23)21(14-6-2-1-3-7-14)20-16(22)13-8-9-15-12(11-13)5-4-10-19-15/h1-11H,(H2,18,23)(H,20,22). The molecule has 6 heteroatoms. The molecule has 3 amide bonds. The van der Waals surface area contributed by atoms with Gasteiger partial charge >= 0.3 is 6.03 Å². The quantitative estimate of drug-likeness (QED) is 0.713. The molecule has 0 aliphatic heterocycles. The van der Waals surface area contributed by atoms with Crippen LogP contribution in [0.3, 0.4) is 0 Å². The van der Waals surface area contributed by atoms with Gasteiger partial charge in [-0.25, -0.2) is 9.80 Å². The molecule has 0 aliphatic rings. The second-order valence-corrected chi connectivity index (χ2v) is 4.86. The van der Waals surface area contributed by atoms with Crippen molar-refractivity contribution < 1.29 is 9.59 Å². The zero-order chi connectivity index (χ0) is 16.2. The predicted molar refractivity (Wildman–Crippen MR) is 87.7 cm³/mol. The van der Waals surface area contributed by atoms with E-state index in [1.807, 2.05) is 6.07 Å². The Morgan fingerprint density at radius 1 is 1.00 bits per heavy atom. The van der Waals surface area contributed by atoms with Crippen molar-refractivity contribution in [3.8, 4) is 0 Å². The van der Waals surface area contributed by atoms with Gasteiger partial charge in [-0.05, 0) is 36.4 Å². The van der Waals surface area contributed by atoms with E-state index in [0.717, 1.165) is 15.9 Å². The Balaban J connectivity index is 1.87. The second kappa shape index (κ2) is 6.15. The Morgan fingerprint density at radius 3 is 2.52 bits per heavy atom. The van der Waals surface area contributed by atoms with Crippen molar-refractivity contribution in [3.63, 3.8) is 0 Å². The van der Waals surface area contributed by atoms with E-state index in [4.69, 9.17) is 5.73 Å². The lowest BCUT2D eigenvalue weighted by Crippen LogP contribution is -2.49. The van der Waals surface area contributed by atoms with Crippen LogP contribution in [-0.2, 0) is 0 Å². The molecule has 3 rings (SSSR count). The van der Waals surface area contributed by atoms with E-state index in [-0.39, 0.29) is 0 Å². The third-order valence-corrected chi connectivity index (χ3v) is 3.31. The van der Waals surface area contributed by atoms with Crippen molar-refractivity contribution in [1.82, 2.24) is 10.4 Å². The molecular formula is C17H14N4O2. The lowest BCUT2D eigenvalue weighted by molar-refractivity contribution is 0.0951. The van der Waals surface area contributed by atoms with Crippen LogP contribution in [-0.4, -0.2) is 16.9 Å². The summed E-state index contributed by atoms with van der Waals surface area (Å²) < 4.78 is 0. The lowest BCUT2D eigenvalue weighted by Gasteiger charge is -2.21. The molecule has 2 aromatic carbocycles. The first kappa shape index (κ1) is 14.5. The maximum absolute atomic E-state index is 12.4. The summed E-state index contributed by atoms with van der Waals surface area (Å²) >= 11 is 0. The van der Waals surface area contributed by atoms with Gasteiger partial charge < -0.3 is 5.73 Å². The summed E-state index contributed by atoms with van der Waals surface area (Å²) in [5.74, 6) is -0.432. The molecule has 3 aromatic rings. The highest BCUT2D eigenvalue weighted by molar-refractivity contribution is 6.02. The van der Waals surface area contributed by atoms with Gasteiger partial charge in [0.25, 0.3) is 5.91 Å². The van der Waals surface area contributed by atoms with Crippen molar-refractivity contribution in [2.45, 2.75) is 0 Å². The maximum atomic E-state index is 12.4. The number of urea groups is 1. The van der Waals surface area contributed by atoms with Crippen LogP contribution < -0.4 is 16.2 Å². The van der Waals surface area contributed by atoms with Gasteiger partial charge in [0, 0.05) is 17.1 Å². The van der Waals surface area contributed by atoms with Gasteiger partial charge in [0.2, 0.25) is 0 Å². The number of fused-ring (bicyclic) bond motifs is 1. The molecule has 0 atom stereocenters. The van der Waals surface area contributed by atoms with Gasteiger partial charge in [0.1, 0.15) is 0 Å². The number of rotatable bonds is 2. The average molecular weight is 306 g/mol. The summed E-state index contributed by atoms with van der Waals surface area (Å²) in [4.78, 5) is 28.2. The van der Waals surface area contributed by atoms with Crippen LogP contribution in [0.25, 0.3) is 10.9 Å². The van der Waals surface area contributed by atoms with Gasteiger partial charge in [-0.15, -0.1) is 0 Å².